The van der Waals surface area contributed by atoms with Crippen LogP contribution in [0, 0.1) is 5.82 Å². The van der Waals surface area contributed by atoms with Crippen LogP contribution in [-0.2, 0) is 0 Å². The Hall–Kier alpha value is -0.800. The van der Waals surface area contributed by atoms with Gasteiger partial charge in [0.2, 0.25) is 0 Å². The molecule has 1 fully saturated rings. The molecule has 2 N–H and O–H groups in total. The molecule has 2 nitrogen and oxygen atoms in total. The number of rotatable bonds is 1. The van der Waals surface area contributed by atoms with Crippen LogP contribution >= 0.6 is 11.6 Å². The second kappa shape index (κ2) is 3.75. The molecule has 0 spiro atoms. The zero-order valence-corrected chi connectivity index (χ0v) is 8.31. The van der Waals surface area contributed by atoms with Crippen molar-refractivity contribution in [2.75, 3.05) is 6.54 Å². The second-order valence-corrected chi connectivity index (χ2v) is 3.85. The fraction of sp³-hybridized carbons (Fsp3) is 0.400. The van der Waals surface area contributed by atoms with Crippen LogP contribution in [0.5, 0.6) is 5.75 Å². The molecule has 1 aromatic rings. The number of phenolic OH excluding ortho intramolecular Hbond substituents is 1. The average molecular weight is 216 g/mol. The van der Waals surface area contributed by atoms with Crippen LogP contribution in [0.1, 0.15) is 24.4 Å². The van der Waals surface area contributed by atoms with Gasteiger partial charge in [-0.1, -0.05) is 11.6 Å². The summed E-state index contributed by atoms with van der Waals surface area (Å²) in [6.45, 7) is 0.857. The molecule has 0 aromatic heterocycles. The van der Waals surface area contributed by atoms with Gasteiger partial charge in [0.15, 0.2) is 0 Å². The van der Waals surface area contributed by atoms with E-state index in [-0.39, 0.29) is 16.8 Å². The molecular weight excluding hydrogens is 205 g/mol. The Balaban J connectivity index is 2.44. The molecule has 14 heavy (non-hydrogen) atoms. The lowest BCUT2D eigenvalue weighted by molar-refractivity contribution is 0.443. The lowest BCUT2D eigenvalue weighted by Crippen LogP contribution is -2.14. The van der Waals surface area contributed by atoms with E-state index in [0.717, 1.165) is 19.4 Å². The van der Waals surface area contributed by atoms with Gasteiger partial charge >= 0.3 is 0 Å². The van der Waals surface area contributed by atoms with E-state index in [1.807, 2.05) is 0 Å². The quantitative estimate of drug-likeness (QED) is 0.755. The molecule has 4 heteroatoms. The molecule has 1 aliphatic heterocycles. The first-order valence-electron chi connectivity index (χ1n) is 4.60. The molecule has 0 amide bonds. The fourth-order valence-corrected chi connectivity index (χ4v) is 1.98. The maximum absolute atomic E-state index is 13.4. The fourth-order valence-electron chi connectivity index (χ4n) is 1.82. The third-order valence-electron chi connectivity index (χ3n) is 2.52. The van der Waals surface area contributed by atoms with Gasteiger partial charge in [-0.25, -0.2) is 4.39 Å². The summed E-state index contributed by atoms with van der Waals surface area (Å²) in [7, 11) is 0. The van der Waals surface area contributed by atoms with E-state index >= 15 is 0 Å². The Morgan fingerprint density at radius 3 is 2.93 bits per heavy atom. The van der Waals surface area contributed by atoms with Crippen molar-refractivity contribution in [2.24, 2.45) is 0 Å². The normalized spacial score (nSPS) is 21.4. The molecule has 0 saturated carbocycles. The van der Waals surface area contributed by atoms with E-state index in [1.54, 1.807) is 0 Å². The summed E-state index contributed by atoms with van der Waals surface area (Å²) >= 11 is 5.72. The number of halogens is 2. The van der Waals surface area contributed by atoms with Crippen LogP contribution in [0.2, 0.25) is 5.02 Å². The third-order valence-corrected chi connectivity index (χ3v) is 2.83. The minimum atomic E-state index is -0.397. The molecule has 1 atom stereocenters. The Morgan fingerprint density at radius 1 is 1.50 bits per heavy atom. The smallest absolute Gasteiger partial charge is 0.141 e. The number of benzene rings is 1. The van der Waals surface area contributed by atoms with E-state index in [0.29, 0.717) is 5.56 Å². The largest absolute Gasteiger partial charge is 0.506 e. The van der Waals surface area contributed by atoms with Crippen LogP contribution in [0.15, 0.2) is 12.1 Å². The third kappa shape index (κ3) is 1.57. The maximum atomic E-state index is 13.4. The van der Waals surface area contributed by atoms with Gasteiger partial charge in [0.05, 0.1) is 5.02 Å². The standard InChI is InChI=1S/C10H11ClFNO/c11-6-3-4-7(12)9(10(6)14)8-2-1-5-13-8/h3-4,8,13-14H,1-2,5H2. The van der Waals surface area contributed by atoms with Crippen molar-refractivity contribution in [3.05, 3.63) is 28.5 Å². The molecule has 1 aliphatic rings. The number of nitrogens with one attached hydrogen (secondary N) is 1. The summed E-state index contributed by atoms with van der Waals surface area (Å²) in [6, 6.07) is 2.55. The molecule has 1 aromatic carbocycles. The zero-order chi connectivity index (χ0) is 10.1. The summed E-state index contributed by atoms with van der Waals surface area (Å²) in [6.07, 6.45) is 1.83. The van der Waals surface area contributed by atoms with Crippen LogP contribution < -0.4 is 5.32 Å². The predicted octanol–water partition coefficient (Wildman–Crippen LogP) is 2.61. The van der Waals surface area contributed by atoms with Crippen LogP contribution in [0.3, 0.4) is 0 Å². The lowest BCUT2D eigenvalue weighted by Gasteiger charge is -2.14. The number of aromatic hydroxyl groups is 1. The summed E-state index contributed by atoms with van der Waals surface area (Å²) in [5.41, 5.74) is 0.301. The number of hydrogen-bond donors (Lipinski definition) is 2. The second-order valence-electron chi connectivity index (χ2n) is 3.44. The summed E-state index contributed by atoms with van der Waals surface area (Å²) < 4.78 is 13.4. The van der Waals surface area contributed by atoms with E-state index in [4.69, 9.17) is 11.6 Å². The van der Waals surface area contributed by atoms with Crippen LogP contribution in [0.4, 0.5) is 4.39 Å². The Labute approximate surface area is 86.7 Å². The van der Waals surface area contributed by atoms with E-state index in [1.165, 1.54) is 12.1 Å². The highest BCUT2D eigenvalue weighted by Crippen LogP contribution is 2.36. The molecular formula is C10H11ClFNO. The van der Waals surface area contributed by atoms with Crippen molar-refractivity contribution in [3.63, 3.8) is 0 Å². The highest BCUT2D eigenvalue weighted by Gasteiger charge is 2.24. The van der Waals surface area contributed by atoms with Crippen molar-refractivity contribution >= 4 is 11.6 Å². The highest BCUT2D eigenvalue weighted by molar-refractivity contribution is 6.32. The van der Waals surface area contributed by atoms with Gasteiger partial charge in [-0.3, -0.25) is 0 Å². The maximum Gasteiger partial charge on any atom is 0.141 e. The molecule has 2 rings (SSSR count). The Morgan fingerprint density at radius 2 is 2.29 bits per heavy atom. The first-order chi connectivity index (χ1) is 6.70. The monoisotopic (exact) mass is 215 g/mol. The van der Waals surface area contributed by atoms with Gasteiger partial charge in [-0.15, -0.1) is 0 Å². The molecule has 0 radical (unpaired) electrons. The summed E-state index contributed by atoms with van der Waals surface area (Å²) in [5, 5.41) is 13.0. The SMILES string of the molecule is Oc1c(Cl)ccc(F)c1C1CCCN1. The molecule has 0 aliphatic carbocycles. The van der Waals surface area contributed by atoms with Crippen LogP contribution in [-0.4, -0.2) is 11.7 Å². The highest BCUT2D eigenvalue weighted by atomic mass is 35.5. The van der Waals surface area contributed by atoms with Crippen molar-refractivity contribution in [1.82, 2.24) is 5.32 Å². The topological polar surface area (TPSA) is 32.3 Å². The zero-order valence-electron chi connectivity index (χ0n) is 7.56. The van der Waals surface area contributed by atoms with Gasteiger partial charge in [-0.05, 0) is 31.5 Å². The first kappa shape index (κ1) is 9.74. The summed E-state index contributed by atoms with van der Waals surface area (Å²) in [4.78, 5) is 0. The van der Waals surface area contributed by atoms with Gasteiger partial charge in [-0.2, -0.15) is 0 Å². The minimum absolute atomic E-state index is 0.103. The Bertz CT molecular complexity index is 350. The molecule has 1 unspecified atom stereocenters. The van der Waals surface area contributed by atoms with Crippen molar-refractivity contribution in [3.8, 4) is 5.75 Å². The van der Waals surface area contributed by atoms with Gasteiger partial charge in [0.1, 0.15) is 11.6 Å². The molecule has 1 saturated heterocycles. The van der Waals surface area contributed by atoms with Gasteiger partial charge in [0.25, 0.3) is 0 Å². The van der Waals surface area contributed by atoms with E-state index in [9.17, 15) is 9.50 Å². The van der Waals surface area contributed by atoms with Crippen molar-refractivity contribution in [2.45, 2.75) is 18.9 Å². The van der Waals surface area contributed by atoms with Gasteiger partial charge < -0.3 is 10.4 Å². The average Bonchev–Trinajstić information content (AvgIpc) is 2.65. The number of phenols is 1. The number of hydrogen-bond acceptors (Lipinski definition) is 2. The first-order valence-corrected chi connectivity index (χ1v) is 4.98. The minimum Gasteiger partial charge on any atom is -0.506 e. The molecule has 0 bridgehead atoms. The van der Waals surface area contributed by atoms with E-state index < -0.39 is 5.82 Å². The van der Waals surface area contributed by atoms with Gasteiger partial charge in [0, 0.05) is 11.6 Å². The summed E-state index contributed by atoms with van der Waals surface area (Å²) in [5.74, 6) is -0.530. The van der Waals surface area contributed by atoms with Crippen LogP contribution in [0.25, 0.3) is 0 Å². The van der Waals surface area contributed by atoms with E-state index in [2.05, 4.69) is 5.32 Å². The molecule has 1 heterocycles. The lowest BCUT2D eigenvalue weighted by atomic mass is 10.0. The Kier molecular flexibility index (Phi) is 2.61. The molecule has 76 valence electrons. The van der Waals surface area contributed by atoms with Crippen molar-refractivity contribution in [1.29, 1.82) is 0 Å². The predicted molar refractivity (Wildman–Crippen MR) is 53.1 cm³/mol. The van der Waals surface area contributed by atoms with Crippen molar-refractivity contribution < 1.29 is 9.50 Å².